The van der Waals surface area contributed by atoms with Crippen LogP contribution in [0.2, 0.25) is 0 Å². The molecule has 0 bridgehead atoms. The monoisotopic (exact) mass is 203 g/mol. The lowest BCUT2D eigenvalue weighted by molar-refractivity contribution is 0.0733. The van der Waals surface area contributed by atoms with Crippen LogP contribution in [0, 0.1) is 0 Å². The van der Waals surface area contributed by atoms with E-state index in [1.165, 1.54) is 11.5 Å². The van der Waals surface area contributed by atoms with Gasteiger partial charge in [-0.15, -0.1) is 0 Å². The maximum absolute atomic E-state index is 9.60. The van der Waals surface area contributed by atoms with Crippen LogP contribution in [0.15, 0.2) is 0 Å². The Kier molecular flexibility index (Phi) is 4.56. The third-order valence-corrected chi connectivity index (χ3v) is 4.18. The predicted octanol–water partition coefficient (Wildman–Crippen LogP) is 1.58. The Labute approximate surface area is 85.7 Å². The molecule has 3 atom stereocenters. The zero-order valence-electron chi connectivity index (χ0n) is 8.86. The molecule has 2 unspecified atom stereocenters. The average Bonchev–Trinajstić information content (AvgIpc) is 2.11. The van der Waals surface area contributed by atoms with E-state index in [9.17, 15) is 5.11 Å². The molecule has 1 fully saturated rings. The molecule has 0 radical (unpaired) electrons. The Morgan fingerprint density at radius 3 is 2.38 bits per heavy atom. The summed E-state index contributed by atoms with van der Waals surface area (Å²) in [5.41, 5.74) is 0. The molecule has 0 aromatic carbocycles. The molecule has 0 amide bonds. The molecule has 0 aromatic rings. The van der Waals surface area contributed by atoms with E-state index in [1.54, 1.807) is 0 Å². The fourth-order valence-electron chi connectivity index (χ4n) is 1.77. The van der Waals surface area contributed by atoms with E-state index in [-0.39, 0.29) is 6.10 Å². The number of aliphatic hydroxyl groups is 1. The van der Waals surface area contributed by atoms with Gasteiger partial charge in [-0.1, -0.05) is 6.92 Å². The highest BCUT2D eigenvalue weighted by molar-refractivity contribution is 7.99. The van der Waals surface area contributed by atoms with Crippen molar-refractivity contribution < 1.29 is 5.11 Å². The molecule has 1 aliphatic rings. The van der Waals surface area contributed by atoms with Crippen molar-refractivity contribution in [2.45, 2.75) is 45.4 Å². The van der Waals surface area contributed by atoms with Gasteiger partial charge in [-0.25, -0.2) is 0 Å². The summed E-state index contributed by atoms with van der Waals surface area (Å²) in [5, 5.41) is 9.60. The van der Waals surface area contributed by atoms with Crippen molar-refractivity contribution in [2.24, 2.45) is 0 Å². The van der Waals surface area contributed by atoms with Gasteiger partial charge in [0, 0.05) is 30.1 Å². The van der Waals surface area contributed by atoms with Gasteiger partial charge >= 0.3 is 0 Å². The lowest BCUT2D eigenvalue weighted by atomic mass is 10.1. The summed E-state index contributed by atoms with van der Waals surface area (Å²) >= 11 is 2.03. The Morgan fingerprint density at radius 2 is 1.92 bits per heavy atom. The van der Waals surface area contributed by atoms with Crippen molar-refractivity contribution in [2.75, 3.05) is 18.1 Å². The van der Waals surface area contributed by atoms with Gasteiger partial charge in [0.1, 0.15) is 0 Å². The zero-order valence-corrected chi connectivity index (χ0v) is 9.68. The smallest absolute Gasteiger partial charge is 0.0664 e. The Balaban J connectivity index is 2.43. The summed E-state index contributed by atoms with van der Waals surface area (Å²) in [6, 6.07) is 1.24. The summed E-state index contributed by atoms with van der Waals surface area (Å²) < 4.78 is 0. The molecule has 1 aliphatic heterocycles. The fraction of sp³-hybridized carbons (Fsp3) is 1.00. The number of aliphatic hydroxyl groups excluding tert-OH is 1. The molecule has 0 aliphatic carbocycles. The van der Waals surface area contributed by atoms with Gasteiger partial charge in [0.2, 0.25) is 0 Å². The lowest BCUT2D eigenvalue weighted by Gasteiger charge is -2.39. The molecule has 0 aromatic heterocycles. The van der Waals surface area contributed by atoms with Crippen molar-refractivity contribution in [3.63, 3.8) is 0 Å². The first-order valence-electron chi connectivity index (χ1n) is 5.16. The molecule has 1 saturated heterocycles. The normalized spacial score (nSPS) is 33.2. The van der Waals surface area contributed by atoms with Crippen LogP contribution in [0.5, 0.6) is 0 Å². The van der Waals surface area contributed by atoms with Crippen LogP contribution in [0.1, 0.15) is 27.2 Å². The number of rotatable bonds is 3. The molecule has 0 saturated carbocycles. The van der Waals surface area contributed by atoms with Crippen LogP contribution in [0.4, 0.5) is 0 Å². The fourth-order valence-corrected chi connectivity index (χ4v) is 2.97. The number of thioether (sulfide) groups is 1. The quantitative estimate of drug-likeness (QED) is 0.753. The molecule has 78 valence electrons. The van der Waals surface area contributed by atoms with Gasteiger partial charge < -0.3 is 5.11 Å². The standard InChI is InChI=1S/C10H21NOS/c1-4-10(12)5-11-8(2)6-13-7-9(11)3/h8-10,12H,4-7H2,1-3H3/t8?,9?,10-/m0/s1. The Morgan fingerprint density at radius 1 is 1.38 bits per heavy atom. The molecule has 2 nitrogen and oxygen atoms in total. The SMILES string of the molecule is CC[C@H](O)CN1C(C)CSCC1C. The molecule has 1 rings (SSSR count). The van der Waals surface area contributed by atoms with E-state index in [0.29, 0.717) is 12.1 Å². The van der Waals surface area contributed by atoms with Crippen molar-refractivity contribution in [1.29, 1.82) is 0 Å². The van der Waals surface area contributed by atoms with Crippen LogP contribution in [-0.2, 0) is 0 Å². The van der Waals surface area contributed by atoms with Crippen molar-refractivity contribution in [3.8, 4) is 0 Å². The largest absolute Gasteiger partial charge is 0.392 e. The lowest BCUT2D eigenvalue weighted by Crippen LogP contribution is -2.49. The zero-order chi connectivity index (χ0) is 9.84. The van der Waals surface area contributed by atoms with Crippen LogP contribution < -0.4 is 0 Å². The van der Waals surface area contributed by atoms with Crippen molar-refractivity contribution in [1.82, 2.24) is 4.90 Å². The van der Waals surface area contributed by atoms with Gasteiger partial charge in [0.25, 0.3) is 0 Å². The maximum Gasteiger partial charge on any atom is 0.0664 e. The summed E-state index contributed by atoms with van der Waals surface area (Å²) in [7, 11) is 0. The minimum atomic E-state index is -0.145. The van der Waals surface area contributed by atoms with E-state index in [0.717, 1.165) is 13.0 Å². The van der Waals surface area contributed by atoms with Gasteiger partial charge in [-0.3, -0.25) is 4.90 Å². The van der Waals surface area contributed by atoms with E-state index in [4.69, 9.17) is 0 Å². The first-order valence-corrected chi connectivity index (χ1v) is 6.32. The highest BCUT2D eigenvalue weighted by atomic mass is 32.2. The third kappa shape index (κ3) is 3.15. The summed E-state index contributed by atoms with van der Waals surface area (Å²) in [5.74, 6) is 2.42. The second kappa shape index (κ2) is 5.23. The maximum atomic E-state index is 9.60. The van der Waals surface area contributed by atoms with Gasteiger partial charge in [-0.05, 0) is 20.3 Å². The van der Waals surface area contributed by atoms with Crippen molar-refractivity contribution in [3.05, 3.63) is 0 Å². The molecular weight excluding hydrogens is 182 g/mol. The number of hydrogen-bond donors (Lipinski definition) is 1. The first kappa shape index (κ1) is 11.3. The van der Waals surface area contributed by atoms with E-state index in [1.807, 2.05) is 18.7 Å². The number of hydrogen-bond acceptors (Lipinski definition) is 3. The Bertz CT molecular complexity index is 144. The van der Waals surface area contributed by atoms with Crippen molar-refractivity contribution >= 4 is 11.8 Å². The summed E-state index contributed by atoms with van der Waals surface area (Å²) in [6.45, 7) is 7.40. The number of nitrogens with zero attached hydrogens (tertiary/aromatic N) is 1. The van der Waals surface area contributed by atoms with Crippen LogP contribution in [-0.4, -0.2) is 46.2 Å². The molecule has 1 N–H and O–H groups in total. The Hall–Kier alpha value is 0.270. The van der Waals surface area contributed by atoms with Crippen LogP contribution >= 0.6 is 11.8 Å². The van der Waals surface area contributed by atoms with Gasteiger partial charge in [-0.2, -0.15) is 11.8 Å². The highest BCUT2D eigenvalue weighted by Gasteiger charge is 2.26. The minimum Gasteiger partial charge on any atom is -0.392 e. The topological polar surface area (TPSA) is 23.5 Å². The summed E-state index contributed by atoms with van der Waals surface area (Å²) in [6.07, 6.45) is 0.719. The summed E-state index contributed by atoms with van der Waals surface area (Å²) in [4.78, 5) is 2.44. The number of β-amino-alcohol motifs (C(OH)–C–C–N with tert-alkyl or cyclic N) is 1. The second-order valence-corrected chi connectivity index (χ2v) is 5.07. The first-order chi connectivity index (χ1) is 6.15. The molecule has 3 heteroatoms. The highest BCUT2D eigenvalue weighted by Crippen LogP contribution is 2.21. The minimum absolute atomic E-state index is 0.145. The van der Waals surface area contributed by atoms with Gasteiger partial charge in [0.05, 0.1) is 6.10 Å². The van der Waals surface area contributed by atoms with Crippen LogP contribution in [0.25, 0.3) is 0 Å². The van der Waals surface area contributed by atoms with E-state index < -0.39 is 0 Å². The average molecular weight is 203 g/mol. The second-order valence-electron chi connectivity index (χ2n) is 3.99. The van der Waals surface area contributed by atoms with E-state index >= 15 is 0 Å². The third-order valence-electron chi connectivity index (χ3n) is 2.74. The molecule has 1 heterocycles. The van der Waals surface area contributed by atoms with Gasteiger partial charge in [0.15, 0.2) is 0 Å². The van der Waals surface area contributed by atoms with Crippen LogP contribution in [0.3, 0.4) is 0 Å². The predicted molar refractivity (Wildman–Crippen MR) is 59.3 cm³/mol. The molecular formula is C10H21NOS. The molecule has 0 spiro atoms. The van der Waals surface area contributed by atoms with E-state index in [2.05, 4.69) is 18.7 Å². The molecule has 13 heavy (non-hydrogen) atoms.